The molecule has 0 amide bonds. The van der Waals surface area contributed by atoms with Gasteiger partial charge in [-0.15, -0.1) is 0 Å². The number of hydrazine groups is 1. The number of hydrogen-bond acceptors (Lipinski definition) is 3. The maximum Gasteiger partial charge on any atom is 0.0282 e. The van der Waals surface area contributed by atoms with Gasteiger partial charge < -0.3 is 10.7 Å². The van der Waals surface area contributed by atoms with Crippen molar-refractivity contribution in [2.75, 3.05) is 14.1 Å². The Morgan fingerprint density at radius 1 is 1.14 bits per heavy atom. The van der Waals surface area contributed by atoms with Gasteiger partial charge in [-0.05, 0) is 0 Å². The molecule has 0 aliphatic heterocycles. The van der Waals surface area contributed by atoms with Crippen molar-refractivity contribution in [1.82, 2.24) is 16.2 Å². The summed E-state index contributed by atoms with van der Waals surface area (Å²) < 4.78 is 0. The van der Waals surface area contributed by atoms with E-state index in [1.807, 2.05) is 7.05 Å². The molecule has 0 atom stereocenters. The van der Waals surface area contributed by atoms with E-state index in [9.17, 15) is 0 Å². The minimum Gasteiger partial charge on any atom is -0.393 e. The first-order valence-corrected chi connectivity index (χ1v) is 2.16. The summed E-state index contributed by atoms with van der Waals surface area (Å²) in [4.78, 5) is 0. The first-order valence-electron chi connectivity index (χ1n) is 2.16. The molecule has 42 valence electrons. The largest absolute Gasteiger partial charge is 0.393 e. The van der Waals surface area contributed by atoms with E-state index in [-0.39, 0.29) is 0 Å². The van der Waals surface area contributed by atoms with Crippen molar-refractivity contribution in [2.24, 2.45) is 0 Å². The van der Waals surface area contributed by atoms with Gasteiger partial charge in [-0.3, -0.25) is 0 Å². The second kappa shape index (κ2) is 5.30. The van der Waals surface area contributed by atoms with Crippen molar-refractivity contribution in [1.29, 1.82) is 0 Å². The Kier molecular flexibility index (Phi) is 4.77. The zero-order valence-corrected chi connectivity index (χ0v) is 4.65. The normalized spacial score (nSPS) is 9.43. The molecule has 0 rings (SSSR count). The highest BCUT2D eigenvalue weighted by atomic mass is 15.3. The Morgan fingerprint density at radius 2 is 1.86 bits per heavy atom. The monoisotopic (exact) mass is 101 g/mol. The van der Waals surface area contributed by atoms with Crippen molar-refractivity contribution < 1.29 is 0 Å². The van der Waals surface area contributed by atoms with Gasteiger partial charge in [0, 0.05) is 26.5 Å². The Labute approximate surface area is 43.8 Å². The molecule has 0 aromatic heterocycles. The van der Waals surface area contributed by atoms with Crippen LogP contribution >= 0.6 is 0 Å². The maximum atomic E-state index is 2.82. The lowest BCUT2D eigenvalue weighted by molar-refractivity contribution is 0.726. The van der Waals surface area contributed by atoms with E-state index in [1.54, 1.807) is 19.4 Å². The smallest absolute Gasteiger partial charge is 0.0282 e. The first kappa shape index (κ1) is 6.30. The quantitative estimate of drug-likeness (QED) is 0.415. The van der Waals surface area contributed by atoms with Crippen LogP contribution in [0.3, 0.4) is 0 Å². The van der Waals surface area contributed by atoms with Gasteiger partial charge in [-0.1, -0.05) is 0 Å². The Hall–Kier alpha value is -0.700. The van der Waals surface area contributed by atoms with E-state index < -0.39 is 0 Å². The average Bonchev–Trinajstić information content (AvgIpc) is 1.69. The molecule has 0 aromatic rings. The maximum absolute atomic E-state index is 2.82. The van der Waals surface area contributed by atoms with Crippen molar-refractivity contribution in [2.45, 2.75) is 0 Å². The number of hydrogen-bond donors (Lipinski definition) is 3. The minimum absolute atomic E-state index is 1.76. The Bertz CT molecular complexity index is 50.9. The van der Waals surface area contributed by atoms with Crippen LogP contribution in [0.15, 0.2) is 12.4 Å². The second-order valence-corrected chi connectivity index (χ2v) is 1.02. The predicted molar refractivity (Wildman–Crippen MR) is 30.4 cm³/mol. The predicted octanol–water partition coefficient (Wildman–Crippen LogP) is -0.599. The summed E-state index contributed by atoms with van der Waals surface area (Å²) in [6.07, 6.45) is 3.55. The van der Waals surface area contributed by atoms with E-state index in [1.165, 1.54) is 0 Å². The molecule has 0 fully saturated rings. The summed E-state index contributed by atoms with van der Waals surface area (Å²) >= 11 is 0. The van der Waals surface area contributed by atoms with E-state index in [4.69, 9.17) is 0 Å². The molecule has 3 nitrogen and oxygen atoms in total. The summed E-state index contributed by atoms with van der Waals surface area (Å²) in [6, 6.07) is 0. The highest BCUT2D eigenvalue weighted by Gasteiger charge is 1.58. The zero-order valence-electron chi connectivity index (χ0n) is 4.65. The van der Waals surface area contributed by atoms with Gasteiger partial charge in [0.05, 0.1) is 0 Å². The number of rotatable bonds is 3. The summed E-state index contributed by atoms with van der Waals surface area (Å²) in [5.74, 6) is 0. The van der Waals surface area contributed by atoms with Gasteiger partial charge in [-0.2, -0.15) is 0 Å². The minimum atomic E-state index is 1.76. The van der Waals surface area contributed by atoms with Gasteiger partial charge in [0.2, 0.25) is 0 Å². The fourth-order valence-electron chi connectivity index (χ4n) is 0.208. The van der Waals surface area contributed by atoms with Crippen LogP contribution in [-0.4, -0.2) is 14.1 Å². The molecule has 7 heavy (non-hydrogen) atoms. The van der Waals surface area contributed by atoms with Crippen LogP contribution in [0.4, 0.5) is 0 Å². The van der Waals surface area contributed by atoms with E-state index in [2.05, 4.69) is 16.2 Å². The second-order valence-electron chi connectivity index (χ2n) is 1.02. The van der Waals surface area contributed by atoms with Gasteiger partial charge in [-0.25, -0.2) is 5.43 Å². The lowest BCUT2D eigenvalue weighted by Crippen LogP contribution is -2.21. The Balaban J connectivity index is 2.78. The molecule has 0 radical (unpaired) electrons. The molecule has 0 saturated carbocycles. The summed E-state index contributed by atoms with van der Waals surface area (Å²) in [5, 5.41) is 2.82. The third-order valence-electron chi connectivity index (χ3n) is 0.478. The van der Waals surface area contributed by atoms with Crippen LogP contribution in [0.2, 0.25) is 0 Å². The molecular weight excluding hydrogens is 90.1 g/mol. The zero-order chi connectivity index (χ0) is 5.54. The molecule has 0 saturated heterocycles. The van der Waals surface area contributed by atoms with Gasteiger partial charge >= 0.3 is 0 Å². The molecule has 0 aromatic carbocycles. The summed E-state index contributed by atoms with van der Waals surface area (Å²) in [7, 11) is 3.65. The van der Waals surface area contributed by atoms with Crippen LogP contribution in [-0.2, 0) is 0 Å². The lowest BCUT2D eigenvalue weighted by atomic mass is 10.9. The van der Waals surface area contributed by atoms with Crippen LogP contribution in [0.1, 0.15) is 0 Å². The molecule has 0 heterocycles. The van der Waals surface area contributed by atoms with Crippen LogP contribution in [0.5, 0.6) is 0 Å². The topological polar surface area (TPSA) is 36.1 Å². The highest BCUT2D eigenvalue weighted by Crippen LogP contribution is 1.49. The average molecular weight is 101 g/mol. The van der Waals surface area contributed by atoms with E-state index in [0.717, 1.165) is 0 Å². The van der Waals surface area contributed by atoms with Crippen LogP contribution in [0.25, 0.3) is 0 Å². The van der Waals surface area contributed by atoms with Crippen molar-refractivity contribution in [3.8, 4) is 0 Å². The molecule has 0 unspecified atom stereocenters. The van der Waals surface area contributed by atoms with Gasteiger partial charge in [0.15, 0.2) is 0 Å². The molecule has 0 aliphatic rings. The fourth-order valence-corrected chi connectivity index (χ4v) is 0.208. The molecule has 0 spiro atoms. The third kappa shape index (κ3) is 5.30. The first-order chi connectivity index (χ1) is 3.41. The van der Waals surface area contributed by atoms with Crippen molar-refractivity contribution >= 4 is 0 Å². The third-order valence-corrected chi connectivity index (χ3v) is 0.478. The summed E-state index contributed by atoms with van der Waals surface area (Å²) in [5.41, 5.74) is 5.48. The standard InChI is InChI=1S/C4H11N3/c1-5-3-4-7-6-2/h3-7H,1-2H3/b4-3-. The van der Waals surface area contributed by atoms with Gasteiger partial charge in [0.25, 0.3) is 0 Å². The fraction of sp³-hybridized carbons (Fsp3) is 0.500. The molecule has 3 N–H and O–H groups in total. The SMILES string of the molecule is CN/C=C\NNC. The molecule has 3 heteroatoms. The van der Waals surface area contributed by atoms with Gasteiger partial charge in [0.1, 0.15) is 0 Å². The molecule has 0 aliphatic carbocycles. The van der Waals surface area contributed by atoms with E-state index in [0.29, 0.717) is 0 Å². The Morgan fingerprint density at radius 3 is 2.29 bits per heavy atom. The van der Waals surface area contributed by atoms with Crippen molar-refractivity contribution in [3.05, 3.63) is 12.4 Å². The lowest BCUT2D eigenvalue weighted by Gasteiger charge is -1.91. The van der Waals surface area contributed by atoms with E-state index >= 15 is 0 Å². The molecular formula is C4H11N3. The summed E-state index contributed by atoms with van der Waals surface area (Å²) in [6.45, 7) is 0. The van der Waals surface area contributed by atoms with Crippen LogP contribution in [0, 0.1) is 0 Å². The molecule has 0 bridgehead atoms. The number of nitrogens with one attached hydrogen (secondary N) is 3. The van der Waals surface area contributed by atoms with Crippen LogP contribution < -0.4 is 16.2 Å². The highest BCUT2D eigenvalue weighted by molar-refractivity contribution is 4.71. The van der Waals surface area contributed by atoms with Crippen molar-refractivity contribution in [3.63, 3.8) is 0 Å².